The first-order valence-corrected chi connectivity index (χ1v) is 6.66. The normalized spacial score (nSPS) is 23.2. The summed E-state index contributed by atoms with van der Waals surface area (Å²) in [5, 5.41) is 0.0737. The van der Waals surface area contributed by atoms with Gasteiger partial charge in [0.1, 0.15) is 11.9 Å². The largest absolute Gasteiger partial charge is 0.408 e. The second kappa shape index (κ2) is 5.81. The van der Waals surface area contributed by atoms with Gasteiger partial charge in [-0.3, -0.25) is 4.79 Å². The van der Waals surface area contributed by atoms with E-state index >= 15 is 0 Å². The molecule has 0 radical (unpaired) electrons. The Morgan fingerprint density at radius 2 is 2.00 bits per heavy atom. The quantitative estimate of drug-likeness (QED) is 0.807. The number of carbonyl (C=O) groups excluding carboxylic acids is 1. The minimum Gasteiger partial charge on any atom is -0.326 e. The third kappa shape index (κ3) is 3.47. The molecule has 0 aromatic heterocycles. The summed E-state index contributed by atoms with van der Waals surface area (Å²) in [6.45, 7) is -0.269. The number of hydrogen-bond donors (Lipinski definition) is 1. The number of nitrogens with two attached hydrogens (primary N) is 1. The van der Waals surface area contributed by atoms with Crippen molar-refractivity contribution >= 4 is 17.5 Å². The number of likely N-dealkylation sites (tertiary alicyclic amines) is 1. The van der Waals surface area contributed by atoms with Crippen LogP contribution < -0.4 is 5.73 Å². The number of carbonyl (C=O) groups is 1. The van der Waals surface area contributed by atoms with Crippen molar-refractivity contribution in [2.45, 2.75) is 31.1 Å². The number of nitrogens with zero attached hydrogens (tertiary/aromatic N) is 1. The van der Waals surface area contributed by atoms with Gasteiger partial charge in [0.2, 0.25) is 0 Å². The first kappa shape index (κ1) is 16.0. The Kier molecular flexibility index (Phi) is 4.43. The van der Waals surface area contributed by atoms with Gasteiger partial charge in [0, 0.05) is 17.6 Å². The molecule has 1 aliphatic rings. The highest BCUT2D eigenvalue weighted by molar-refractivity contribution is 6.31. The maximum Gasteiger partial charge on any atom is 0.408 e. The van der Waals surface area contributed by atoms with E-state index in [4.69, 9.17) is 17.3 Å². The fourth-order valence-corrected chi connectivity index (χ4v) is 2.55. The van der Waals surface area contributed by atoms with Crippen molar-refractivity contribution in [2.75, 3.05) is 6.54 Å². The van der Waals surface area contributed by atoms with Crippen LogP contribution in [0.15, 0.2) is 18.2 Å². The van der Waals surface area contributed by atoms with Crippen LogP contribution >= 0.6 is 11.6 Å². The zero-order chi connectivity index (χ0) is 15.8. The van der Waals surface area contributed by atoms with Gasteiger partial charge in [-0.05, 0) is 31.0 Å². The van der Waals surface area contributed by atoms with Crippen molar-refractivity contribution in [2.24, 2.45) is 5.73 Å². The lowest BCUT2D eigenvalue weighted by atomic mass is 9.97. The number of benzene rings is 1. The molecule has 21 heavy (non-hydrogen) atoms. The van der Waals surface area contributed by atoms with E-state index in [-0.39, 0.29) is 24.4 Å². The Morgan fingerprint density at radius 3 is 2.62 bits per heavy atom. The molecule has 1 amide bonds. The lowest BCUT2D eigenvalue weighted by Crippen LogP contribution is -2.56. The van der Waals surface area contributed by atoms with Crippen LogP contribution in [0.4, 0.5) is 17.6 Å². The van der Waals surface area contributed by atoms with Crippen LogP contribution in [0.25, 0.3) is 0 Å². The number of piperidine rings is 1. The number of rotatable bonds is 1. The summed E-state index contributed by atoms with van der Waals surface area (Å²) in [6, 6.07) is 0.670. The highest BCUT2D eigenvalue weighted by Gasteiger charge is 2.48. The molecule has 1 aromatic carbocycles. The maximum atomic E-state index is 13.7. The first-order valence-electron chi connectivity index (χ1n) is 6.28. The summed E-state index contributed by atoms with van der Waals surface area (Å²) >= 11 is 5.67. The van der Waals surface area contributed by atoms with Gasteiger partial charge in [-0.1, -0.05) is 11.6 Å². The predicted octanol–water partition coefficient (Wildman–Crippen LogP) is 2.97. The van der Waals surface area contributed by atoms with Crippen LogP contribution in [0.1, 0.15) is 23.2 Å². The fourth-order valence-electron chi connectivity index (χ4n) is 2.38. The van der Waals surface area contributed by atoms with Gasteiger partial charge >= 0.3 is 6.18 Å². The van der Waals surface area contributed by atoms with Gasteiger partial charge < -0.3 is 10.6 Å². The molecule has 1 heterocycles. The number of alkyl halides is 3. The minimum atomic E-state index is -4.58. The highest BCUT2D eigenvalue weighted by Crippen LogP contribution is 2.33. The molecule has 0 bridgehead atoms. The van der Waals surface area contributed by atoms with E-state index in [0.717, 1.165) is 12.1 Å². The highest BCUT2D eigenvalue weighted by atomic mass is 35.5. The Bertz CT molecular complexity index is 549. The first-order chi connectivity index (χ1) is 9.70. The number of amides is 1. The van der Waals surface area contributed by atoms with Gasteiger partial charge in [0.25, 0.3) is 5.91 Å². The Hall–Kier alpha value is -1.34. The topological polar surface area (TPSA) is 46.3 Å². The average Bonchev–Trinajstić information content (AvgIpc) is 2.39. The van der Waals surface area contributed by atoms with E-state index in [0.29, 0.717) is 4.90 Å². The maximum absolute atomic E-state index is 13.7. The average molecular weight is 325 g/mol. The van der Waals surface area contributed by atoms with Gasteiger partial charge in [0.15, 0.2) is 0 Å². The van der Waals surface area contributed by atoms with Gasteiger partial charge in [0.05, 0.1) is 5.56 Å². The van der Waals surface area contributed by atoms with E-state index in [1.165, 1.54) is 6.07 Å². The molecule has 8 heteroatoms. The molecular formula is C13H13ClF4N2O. The minimum absolute atomic E-state index is 0.0737. The predicted molar refractivity (Wildman–Crippen MR) is 69.5 cm³/mol. The zero-order valence-corrected chi connectivity index (χ0v) is 11.6. The van der Waals surface area contributed by atoms with E-state index in [2.05, 4.69) is 0 Å². The van der Waals surface area contributed by atoms with Crippen LogP contribution in [0, 0.1) is 5.82 Å². The van der Waals surface area contributed by atoms with Crippen LogP contribution in [0.3, 0.4) is 0 Å². The smallest absolute Gasteiger partial charge is 0.326 e. The molecule has 2 N–H and O–H groups in total. The molecular weight excluding hydrogens is 312 g/mol. The summed E-state index contributed by atoms with van der Waals surface area (Å²) in [7, 11) is 0. The number of hydrogen-bond acceptors (Lipinski definition) is 2. The summed E-state index contributed by atoms with van der Waals surface area (Å²) in [5.41, 5.74) is 5.15. The van der Waals surface area contributed by atoms with Crippen molar-refractivity contribution < 1.29 is 22.4 Å². The monoisotopic (exact) mass is 324 g/mol. The molecule has 0 unspecified atom stereocenters. The second-order valence-corrected chi connectivity index (χ2v) is 5.41. The molecule has 1 aliphatic heterocycles. The van der Waals surface area contributed by atoms with Crippen LogP contribution in [0.2, 0.25) is 5.02 Å². The van der Waals surface area contributed by atoms with Gasteiger partial charge in [-0.15, -0.1) is 0 Å². The molecule has 0 aliphatic carbocycles. The van der Waals surface area contributed by atoms with Crippen molar-refractivity contribution in [1.29, 1.82) is 0 Å². The van der Waals surface area contributed by atoms with E-state index < -0.39 is 35.5 Å². The lowest BCUT2D eigenvalue weighted by Gasteiger charge is -2.39. The third-order valence-electron chi connectivity index (χ3n) is 3.42. The van der Waals surface area contributed by atoms with Gasteiger partial charge in [-0.25, -0.2) is 4.39 Å². The van der Waals surface area contributed by atoms with E-state index in [1.54, 1.807) is 0 Å². The van der Waals surface area contributed by atoms with E-state index in [9.17, 15) is 22.4 Å². The SMILES string of the molecule is N[C@H]1CC[C@H](C(F)(F)F)N(C(=O)c2cc(Cl)ccc2F)C1. The second-order valence-electron chi connectivity index (χ2n) is 4.98. The Labute approximate surface area is 123 Å². The van der Waals surface area contributed by atoms with Crippen molar-refractivity contribution in [1.82, 2.24) is 4.90 Å². The molecule has 1 saturated heterocycles. The Balaban J connectivity index is 2.35. The number of halogens is 5. The Morgan fingerprint density at radius 1 is 1.33 bits per heavy atom. The summed E-state index contributed by atoms with van der Waals surface area (Å²) in [5.74, 6) is -1.96. The molecule has 1 fully saturated rings. The van der Waals surface area contributed by atoms with Crippen molar-refractivity contribution in [3.8, 4) is 0 Å². The molecule has 116 valence electrons. The van der Waals surface area contributed by atoms with Crippen LogP contribution in [0.5, 0.6) is 0 Å². The fraction of sp³-hybridized carbons (Fsp3) is 0.462. The standard InChI is InChI=1S/C13H13ClF4N2O/c14-7-1-3-10(15)9(5-7)12(21)20-6-8(19)2-4-11(20)13(16,17)18/h1,3,5,8,11H,2,4,6,19H2/t8-,11+/m0/s1. The molecule has 0 saturated carbocycles. The van der Waals surface area contributed by atoms with E-state index in [1.807, 2.05) is 0 Å². The lowest BCUT2D eigenvalue weighted by molar-refractivity contribution is -0.184. The van der Waals surface area contributed by atoms with Crippen LogP contribution in [-0.4, -0.2) is 35.6 Å². The summed E-state index contributed by atoms with van der Waals surface area (Å²) < 4.78 is 52.7. The van der Waals surface area contributed by atoms with Gasteiger partial charge in [-0.2, -0.15) is 13.2 Å². The van der Waals surface area contributed by atoms with Crippen molar-refractivity contribution in [3.63, 3.8) is 0 Å². The molecule has 0 spiro atoms. The molecule has 2 rings (SSSR count). The van der Waals surface area contributed by atoms with Crippen LogP contribution in [-0.2, 0) is 0 Å². The van der Waals surface area contributed by atoms with Crippen molar-refractivity contribution in [3.05, 3.63) is 34.6 Å². The molecule has 3 nitrogen and oxygen atoms in total. The summed E-state index contributed by atoms with van der Waals surface area (Å²) in [4.78, 5) is 12.8. The zero-order valence-electron chi connectivity index (χ0n) is 10.8. The molecule has 2 atom stereocenters. The summed E-state index contributed by atoms with van der Waals surface area (Å²) in [6.07, 6.45) is -4.71. The molecule has 1 aromatic rings. The third-order valence-corrected chi connectivity index (χ3v) is 3.65.